The molecular weight excluding hydrogens is 499 g/mol. The lowest BCUT2D eigenvalue weighted by Gasteiger charge is -2.23. The summed E-state index contributed by atoms with van der Waals surface area (Å²) in [6.07, 6.45) is -0.173. The van der Waals surface area contributed by atoms with Gasteiger partial charge >= 0.3 is 5.97 Å². The number of carboxylic acids is 1. The molecule has 0 saturated heterocycles. The number of carbonyl (C=O) groups excluding carboxylic acids is 1. The SMILES string of the molecule is O=C(O)CCNC(=O)c1ccc(CN(c2nc(-c3cccc([N+](=O)[O-])c3)cs2)c2ccccc2F)cc1. The van der Waals surface area contributed by atoms with Gasteiger partial charge < -0.3 is 15.3 Å². The fourth-order valence-electron chi connectivity index (χ4n) is 3.56. The van der Waals surface area contributed by atoms with Crippen LogP contribution in [0.4, 0.5) is 20.9 Å². The Morgan fingerprint density at radius 3 is 2.54 bits per heavy atom. The van der Waals surface area contributed by atoms with Crippen LogP contribution in [0.15, 0.2) is 78.2 Å². The summed E-state index contributed by atoms with van der Waals surface area (Å²) in [5, 5.41) is 24.7. The topological polar surface area (TPSA) is 126 Å². The number of para-hydroxylation sites is 1. The maximum Gasteiger partial charge on any atom is 0.305 e. The molecule has 1 amide bonds. The second kappa shape index (κ2) is 11.4. The number of nitrogens with one attached hydrogen (secondary N) is 1. The normalized spacial score (nSPS) is 10.6. The summed E-state index contributed by atoms with van der Waals surface area (Å²) in [7, 11) is 0. The Balaban J connectivity index is 1.59. The monoisotopic (exact) mass is 520 g/mol. The summed E-state index contributed by atoms with van der Waals surface area (Å²) in [5.74, 6) is -1.83. The number of nitro groups is 1. The number of halogens is 1. The molecular formula is C26H21FN4O5S. The molecule has 37 heavy (non-hydrogen) atoms. The molecule has 4 aromatic rings. The first kappa shape index (κ1) is 25.5. The van der Waals surface area contributed by atoms with Gasteiger partial charge in [-0.1, -0.05) is 36.4 Å². The predicted octanol–water partition coefficient (Wildman–Crippen LogP) is 5.40. The molecule has 0 fully saturated rings. The van der Waals surface area contributed by atoms with E-state index in [4.69, 9.17) is 5.11 Å². The van der Waals surface area contributed by atoms with Crippen LogP contribution in [0.1, 0.15) is 22.3 Å². The van der Waals surface area contributed by atoms with E-state index in [9.17, 15) is 24.1 Å². The van der Waals surface area contributed by atoms with E-state index in [1.54, 1.807) is 64.9 Å². The Bertz CT molecular complexity index is 1440. The quantitative estimate of drug-likeness (QED) is 0.212. The number of anilines is 2. The van der Waals surface area contributed by atoms with Crippen molar-refractivity contribution >= 4 is 39.7 Å². The van der Waals surface area contributed by atoms with Crippen molar-refractivity contribution in [2.75, 3.05) is 11.4 Å². The molecule has 0 spiro atoms. The largest absolute Gasteiger partial charge is 0.481 e. The van der Waals surface area contributed by atoms with Crippen LogP contribution >= 0.6 is 11.3 Å². The van der Waals surface area contributed by atoms with Crippen LogP contribution in [0.25, 0.3) is 11.3 Å². The molecule has 0 unspecified atom stereocenters. The van der Waals surface area contributed by atoms with Crippen molar-refractivity contribution in [3.63, 3.8) is 0 Å². The zero-order valence-corrected chi connectivity index (χ0v) is 20.2. The molecule has 0 radical (unpaired) electrons. The minimum Gasteiger partial charge on any atom is -0.481 e. The number of amides is 1. The Morgan fingerprint density at radius 1 is 1.08 bits per heavy atom. The third-order valence-corrected chi connectivity index (χ3v) is 6.26. The van der Waals surface area contributed by atoms with Gasteiger partial charge in [0.15, 0.2) is 5.13 Å². The number of hydrogen-bond acceptors (Lipinski definition) is 7. The van der Waals surface area contributed by atoms with Gasteiger partial charge in [-0.3, -0.25) is 19.7 Å². The van der Waals surface area contributed by atoms with E-state index in [1.165, 1.54) is 29.5 Å². The summed E-state index contributed by atoms with van der Waals surface area (Å²) in [6.45, 7) is 0.262. The minimum atomic E-state index is -1.00. The first-order valence-electron chi connectivity index (χ1n) is 11.1. The van der Waals surface area contributed by atoms with E-state index >= 15 is 0 Å². The lowest BCUT2D eigenvalue weighted by Crippen LogP contribution is -2.26. The number of hydrogen-bond donors (Lipinski definition) is 2. The van der Waals surface area contributed by atoms with Crippen molar-refractivity contribution in [3.8, 4) is 11.3 Å². The molecule has 0 aliphatic carbocycles. The van der Waals surface area contributed by atoms with E-state index in [0.717, 1.165) is 5.56 Å². The molecule has 4 rings (SSSR count). The molecule has 0 aliphatic rings. The molecule has 11 heteroatoms. The maximum atomic E-state index is 14.8. The van der Waals surface area contributed by atoms with Crippen molar-refractivity contribution in [3.05, 3.63) is 105 Å². The highest BCUT2D eigenvalue weighted by Crippen LogP contribution is 2.35. The van der Waals surface area contributed by atoms with Gasteiger partial charge in [-0.15, -0.1) is 11.3 Å². The fourth-order valence-corrected chi connectivity index (χ4v) is 4.40. The van der Waals surface area contributed by atoms with E-state index < -0.39 is 16.7 Å². The highest BCUT2D eigenvalue weighted by atomic mass is 32.1. The van der Waals surface area contributed by atoms with Gasteiger partial charge in [-0.25, -0.2) is 9.37 Å². The van der Waals surface area contributed by atoms with Gasteiger partial charge in [-0.05, 0) is 29.8 Å². The minimum absolute atomic E-state index is 0.0218. The van der Waals surface area contributed by atoms with Gasteiger partial charge in [0.1, 0.15) is 5.82 Å². The second-order valence-corrected chi connectivity index (χ2v) is 8.79. The lowest BCUT2D eigenvalue weighted by atomic mass is 10.1. The predicted molar refractivity (Wildman–Crippen MR) is 137 cm³/mol. The van der Waals surface area contributed by atoms with Crippen LogP contribution in [0.5, 0.6) is 0 Å². The molecule has 0 bridgehead atoms. The van der Waals surface area contributed by atoms with Crippen LogP contribution in [0.2, 0.25) is 0 Å². The summed E-state index contributed by atoms with van der Waals surface area (Å²) in [4.78, 5) is 39.9. The lowest BCUT2D eigenvalue weighted by molar-refractivity contribution is -0.384. The third kappa shape index (κ3) is 6.33. The van der Waals surface area contributed by atoms with Gasteiger partial charge in [0.05, 0.1) is 29.3 Å². The Hall–Kier alpha value is -4.64. The van der Waals surface area contributed by atoms with Gasteiger partial charge in [0, 0.05) is 35.2 Å². The number of nitrogens with zero attached hydrogens (tertiary/aromatic N) is 3. The van der Waals surface area contributed by atoms with Gasteiger partial charge in [0.25, 0.3) is 11.6 Å². The highest BCUT2D eigenvalue weighted by molar-refractivity contribution is 7.14. The Kier molecular flexibility index (Phi) is 7.84. The number of benzene rings is 3. The number of thiazole rings is 1. The van der Waals surface area contributed by atoms with E-state index in [-0.39, 0.29) is 31.1 Å². The number of carboxylic acid groups (broad SMARTS) is 1. The van der Waals surface area contributed by atoms with Crippen molar-refractivity contribution in [1.29, 1.82) is 0 Å². The molecule has 9 nitrogen and oxygen atoms in total. The first-order valence-corrected chi connectivity index (χ1v) is 12.0. The summed E-state index contributed by atoms with van der Waals surface area (Å²) in [6, 6.07) is 19.1. The summed E-state index contributed by atoms with van der Waals surface area (Å²) < 4.78 is 14.8. The highest BCUT2D eigenvalue weighted by Gasteiger charge is 2.19. The standard InChI is InChI=1S/C26H21FN4O5S/c27-21-6-1-2-7-23(21)30(15-17-8-10-18(11-9-17)25(34)28-13-12-24(32)33)26-29-22(16-37-26)19-4-3-5-20(14-19)31(35)36/h1-11,14,16H,12-13,15H2,(H,28,34)(H,32,33). The van der Waals surface area contributed by atoms with E-state index in [1.807, 2.05) is 0 Å². The molecule has 0 saturated carbocycles. The van der Waals surface area contributed by atoms with Crippen molar-refractivity contribution in [1.82, 2.24) is 10.3 Å². The molecule has 188 valence electrons. The average molecular weight is 521 g/mol. The number of aromatic nitrogens is 1. The van der Waals surface area contributed by atoms with Gasteiger partial charge in [0.2, 0.25) is 0 Å². The molecule has 2 N–H and O–H groups in total. The van der Waals surface area contributed by atoms with Crippen molar-refractivity contribution in [2.24, 2.45) is 0 Å². The number of rotatable bonds is 10. The van der Waals surface area contributed by atoms with Crippen LogP contribution in [0, 0.1) is 15.9 Å². The fraction of sp³-hybridized carbons (Fsp3) is 0.115. The summed E-state index contributed by atoms with van der Waals surface area (Å²) >= 11 is 1.28. The second-order valence-electron chi connectivity index (χ2n) is 7.96. The van der Waals surface area contributed by atoms with E-state index in [2.05, 4.69) is 10.3 Å². The average Bonchev–Trinajstić information content (AvgIpc) is 3.38. The molecule has 0 atom stereocenters. The molecule has 0 aliphatic heterocycles. The Morgan fingerprint density at radius 2 is 1.84 bits per heavy atom. The van der Waals surface area contributed by atoms with Crippen LogP contribution in [-0.2, 0) is 11.3 Å². The number of non-ortho nitro benzene ring substituents is 1. The number of carbonyl (C=O) groups is 2. The smallest absolute Gasteiger partial charge is 0.305 e. The van der Waals surface area contributed by atoms with Crippen molar-refractivity contribution in [2.45, 2.75) is 13.0 Å². The zero-order chi connectivity index (χ0) is 26.4. The van der Waals surface area contributed by atoms with E-state index in [0.29, 0.717) is 27.6 Å². The molecule has 1 aromatic heterocycles. The summed E-state index contributed by atoms with van der Waals surface area (Å²) in [5.41, 5.74) is 2.50. The molecule has 3 aromatic carbocycles. The maximum absolute atomic E-state index is 14.8. The van der Waals surface area contributed by atoms with Crippen LogP contribution in [0.3, 0.4) is 0 Å². The van der Waals surface area contributed by atoms with Crippen molar-refractivity contribution < 1.29 is 24.0 Å². The Labute approximate surface area is 215 Å². The first-order chi connectivity index (χ1) is 17.8. The molecule has 1 heterocycles. The van der Waals surface area contributed by atoms with Crippen LogP contribution < -0.4 is 10.2 Å². The third-order valence-electron chi connectivity index (χ3n) is 5.40. The number of nitro benzene ring substituents is 1. The number of aliphatic carboxylic acids is 1. The zero-order valence-electron chi connectivity index (χ0n) is 19.3. The van der Waals surface area contributed by atoms with Crippen LogP contribution in [-0.4, -0.2) is 33.4 Å². The van der Waals surface area contributed by atoms with Gasteiger partial charge in [-0.2, -0.15) is 0 Å².